The molecule has 1 amide bonds. The zero-order valence-corrected chi connectivity index (χ0v) is 22.6. The second-order valence-corrected chi connectivity index (χ2v) is 12.7. The van der Waals surface area contributed by atoms with Gasteiger partial charge in [0.25, 0.3) is 0 Å². The molecule has 6 rings (SSSR count). The summed E-state index contributed by atoms with van der Waals surface area (Å²) in [5.74, 6) is 0.00346. The van der Waals surface area contributed by atoms with Crippen LogP contribution >= 0.6 is 7.29 Å². The first-order valence-electron chi connectivity index (χ1n) is 13.5. The van der Waals surface area contributed by atoms with Crippen LogP contribution < -0.4 is 21.0 Å². The minimum atomic E-state index is -3.18. The van der Waals surface area contributed by atoms with E-state index < -0.39 is 7.29 Å². The van der Waals surface area contributed by atoms with E-state index in [1.807, 2.05) is 97.2 Å². The van der Waals surface area contributed by atoms with Gasteiger partial charge in [-0.2, -0.15) is 0 Å². The van der Waals surface area contributed by atoms with E-state index in [0.717, 1.165) is 34.5 Å². The summed E-state index contributed by atoms with van der Waals surface area (Å²) < 4.78 is 14.8. The monoisotopic (exact) mass is 533 g/mol. The molecule has 0 spiro atoms. The van der Waals surface area contributed by atoms with E-state index in [1.54, 1.807) is 0 Å². The van der Waals surface area contributed by atoms with Crippen LogP contribution in [0.25, 0.3) is 10.9 Å². The van der Waals surface area contributed by atoms with Crippen LogP contribution in [0.1, 0.15) is 23.6 Å². The fourth-order valence-corrected chi connectivity index (χ4v) is 8.03. The van der Waals surface area contributed by atoms with Crippen molar-refractivity contribution in [2.45, 2.75) is 18.9 Å². The third-order valence-electron chi connectivity index (χ3n) is 7.69. The van der Waals surface area contributed by atoms with E-state index in [1.165, 1.54) is 10.9 Å². The highest BCUT2D eigenvalue weighted by Gasteiger charge is 2.49. The summed E-state index contributed by atoms with van der Waals surface area (Å²) in [5, 5.41) is 9.48. The molecule has 1 saturated carbocycles. The molecular weight excluding hydrogens is 501 g/mol. The molecule has 0 saturated heterocycles. The lowest BCUT2D eigenvalue weighted by molar-refractivity contribution is -0.122. The first-order chi connectivity index (χ1) is 19.1. The van der Waals surface area contributed by atoms with Gasteiger partial charge in [0.15, 0.2) is 0 Å². The van der Waals surface area contributed by atoms with E-state index in [9.17, 15) is 9.36 Å². The molecule has 4 aromatic carbocycles. The Morgan fingerprint density at radius 1 is 0.821 bits per heavy atom. The number of para-hydroxylation sites is 1. The Labute approximate surface area is 229 Å². The SMILES string of the molecule is O=C(NCCc1c[nH]c2ccccc12)[C@@H]1C[C@H]1[C@@H](NP(=O)(c1ccccc1)c1ccccc1)c1ccccc1. The number of carbonyl (C=O) groups is 1. The zero-order chi connectivity index (χ0) is 26.7. The van der Waals surface area contributed by atoms with Gasteiger partial charge in [0.2, 0.25) is 13.2 Å². The molecule has 3 N–H and O–H groups in total. The maximum absolute atomic E-state index is 14.8. The molecule has 6 heteroatoms. The van der Waals surface area contributed by atoms with Gasteiger partial charge in [-0.15, -0.1) is 0 Å². The average Bonchev–Trinajstić information content (AvgIpc) is 3.70. The van der Waals surface area contributed by atoms with Crippen molar-refractivity contribution in [2.24, 2.45) is 11.8 Å². The van der Waals surface area contributed by atoms with Crippen molar-refractivity contribution in [3.8, 4) is 0 Å². The number of amides is 1. The minimum Gasteiger partial charge on any atom is -0.361 e. The Morgan fingerprint density at radius 3 is 2.08 bits per heavy atom. The summed E-state index contributed by atoms with van der Waals surface area (Å²) in [5.41, 5.74) is 3.36. The number of aromatic amines is 1. The molecule has 39 heavy (non-hydrogen) atoms. The highest BCUT2D eigenvalue weighted by molar-refractivity contribution is 7.76. The van der Waals surface area contributed by atoms with Crippen LogP contribution in [0.3, 0.4) is 0 Å². The Hall–Kier alpha value is -3.92. The maximum atomic E-state index is 14.8. The van der Waals surface area contributed by atoms with Crippen LogP contribution in [-0.2, 0) is 15.8 Å². The standard InChI is InChI=1S/C33H32N3O2P/c37-33(34-21-20-25-23-35-31-19-11-10-18-28(25)31)30-22-29(30)32(24-12-4-1-5-13-24)36-39(38,26-14-6-2-7-15-26)27-16-8-3-9-17-27/h1-19,23,29-30,32,35H,20-22H2,(H,34,37)(H,36,38)/t29-,30-,32+/m1/s1. The Kier molecular flexibility index (Phi) is 7.19. The summed E-state index contributed by atoms with van der Waals surface area (Å²) in [6.45, 7) is 0.583. The van der Waals surface area contributed by atoms with Crippen LogP contribution in [0.5, 0.6) is 0 Å². The molecule has 3 atom stereocenters. The quantitative estimate of drug-likeness (QED) is 0.201. The average molecular weight is 534 g/mol. The molecule has 1 aromatic heterocycles. The number of fused-ring (bicyclic) bond motifs is 1. The number of H-pyrrole nitrogens is 1. The third-order valence-corrected chi connectivity index (χ3v) is 10.4. The number of rotatable bonds is 10. The van der Waals surface area contributed by atoms with Gasteiger partial charge in [-0.05, 0) is 60.2 Å². The second kappa shape index (κ2) is 11.1. The molecule has 5 aromatic rings. The van der Waals surface area contributed by atoms with Gasteiger partial charge in [0, 0.05) is 46.2 Å². The highest BCUT2D eigenvalue weighted by atomic mass is 31.2. The first kappa shape index (κ1) is 25.4. The molecule has 1 aliphatic rings. The van der Waals surface area contributed by atoms with Gasteiger partial charge >= 0.3 is 0 Å². The highest BCUT2D eigenvalue weighted by Crippen LogP contribution is 2.52. The fourth-order valence-electron chi connectivity index (χ4n) is 5.52. The minimum absolute atomic E-state index is 0.0567. The molecule has 1 heterocycles. The summed E-state index contributed by atoms with van der Waals surface area (Å²) in [6.07, 6.45) is 3.55. The van der Waals surface area contributed by atoms with Crippen molar-refractivity contribution in [1.29, 1.82) is 0 Å². The number of hydrogen-bond donors (Lipinski definition) is 3. The van der Waals surface area contributed by atoms with Gasteiger partial charge in [-0.25, -0.2) is 0 Å². The summed E-state index contributed by atoms with van der Waals surface area (Å²) in [4.78, 5) is 16.5. The normalized spacial score (nSPS) is 17.5. The van der Waals surface area contributed by atoms with Gasteiger partial charge in [0.05, 0.1) is 0 Å². The van der Waals surface area contributed by atoms with Crippen molar-refractivity contribution < 1.29 is 9.36 Å². The van der Waals surface area contributed by atoms with Gasteiger partial charge in [-0.1, -0.05) is 84.9 Å². The van der Waals surface area contributed by atoms with Gasteiger partial charge < -0.3 is 10.3 Å². The van der Waals surface area contributed by atoms with E-state index >= 15 is 0 Å². The second-order valence-electron chi connectivity index (χ2n) is 10.2. The lowest BCUT2D eigenvalue weighted by atomic mass is 10.0. The molecule has 1 fully saturated rings. The summed E-state index contributed by atoms with van der Waals surface area (Å²) in [7, 11) is -3.18. The van der Waals surface area contributed by atoms with E-state index in [2.05, 4.69) is 39.7 Å². The fraction of sp³-hybridized carbons (Fsp3) is 0.182. The summed E-state index contributed by atoms with van der Waals surface area (Å²) in [6, 6.07) is 37.3. The Morgan fingerprint density at radius 2 is 1.41 bits per heavy atom. The maximum Gasteiger partial charge on any atom is 0.223 e. The van der Waals surface area contributed by atoms with E-state index in [0.29, 0.717) is 6.54 Å². The smallest absolute Gasteiger partial charge is 0.223 e. The van der Waals surface area contributed by atoms with Crippen LogP contribution in [0.2, 0.25) is 0 Å². The van der Waals surface area contributed by atoms with E-state index in [-0.39, 0.29) is 23.8 Å². The number of carbonyl (C=O) groups excluding carboxylic acids is 1. The zero-order valence-electron chi connectivity index (χ0n) is 21.7. The molecule has 0 aliphatic heterocycles. The molecular formula is C33H32N3O2P. The van der Waals surface area contributed by atoms with Crippen LogP contribution in [0, 0.1) is 11.8 Å². The number of nitrogens with one attached hydrogen (secondary N) is 3. The lowest BCUT2D eigenvalue weighted by Gasteiger charge is -2.28. The van der Waals surface area contributed by atoms with Crippen molar-refractivity contribution in [2.75, 3.05) is 6.54 Å². The van der Waals surface area contributed by atoms with Crippen LogP contribution in [0.4, 0.5) is 0 Å². The Bertz CT molecular complexity index is 1560. The molecule has 5 nitrogen and oxygen atoms in total. The van der Waals surface area contributed by atoms with Crippen molar-refractivity contribution >= 4 is 34.7 Å². The predicted molar refractivity (Wildman–Crippen MR) is 159 cm³/mol. The van der Waals surface area contributed by atoms with Crippen molar-refractivity contribution in [3.63, 3.8) is 0 Å². The first-order valence-corrected chi connectivity index (χ1v) is 15.2. The largest absolute Gasteiger partial charge is 0.361 e. The molecule has 0 radical (unpaired) electrons. The number of benzene rings is 4. The Balaban J connectivity index is 1.20. The number of aromatic nitrogens is 1. The van der Waals surface area contributed by atoms with Crippen LogP contribution in [0.15, 0.2) is 121 Å². The van der Waals surface area contributed by atoms with Crippen molar-refractivity contribution in [1.82, 2.24) is 15.4 Å². The third kappa shape index (κ3) is 5.34. The van der Waals surface area contributed by atoms with Crippen molar-refractivity contribution in [3.05, 3.63) is 133 Å². The molecule has 1 aliphatic carbocycles. The topological polar surface area (TPSA) is 74.0 Å². The lowest BCUT2D eigenvalue weighted by Crippen LogP contribution is -2.33. The molecule has 196 valence electrons. The molecule has 0 bridgehead atoms. The van der Waals surface area contributed by atoms with Gasteiger partial charge in [0.1, 0.15) is 0 Å². The van der Waals surface area contributed by atoms with Crippen LogP contribution in [-0.4, -0.2) is 17.4 Å². The number of hydrogen-bond acceptors (Lipinski definition) is 2. The summed E-state index contributed by atoms with van der Waals surface area (Å²) >= 11 is 0. The van der Waals surface area contributed by atoms with E-state index in [4.69, 9.17) is 0 Å². The van der Waals surface area contributed by atoms with Gasteiger partial charge in [-0.3, -0.25) is 14.4 Å². The predicted octanol–water partition coefficient (Wildman–Crippen LogP) is 5.72. The molecule has 0 unspecified atom stereocenters.